The van der Waals surface area contributed by atoms with E-state index in [1.165, 1.54) is 14.2 Å². The van der Waals surface area contributed by atoms with Gasteiger partial charge in [0, 0.05) is 21.2 Å². The fourth-order valence-corrected chi connectivity index (χ4v) is 3.66. The van der Waals surface area contributed by atoms with Crippen molar-refractivity contribution >= 4 is 40.8 Å². The minimum atomic E-state index is -0.854. The molecule has 0 amide bonds. The van der Waals surface area contributed by atoms with Crippen molar-refractivity contribution in [2.75, 3.05) is 14.2 Å². The number of hydrogen-bond acceptors (Lipinski definition) is 7. The van der Waals surface area contributed by atoms with Gasteiger partial charge >= 0.3 is 11.9 Å². The highest BCUT2D eigenvalue weighted by Gasteiger charge is 2.32. The van der Waals surface area contributed by atoms with E-state index in [0.717, 1.165) is 4.52 Å². The molecule has 4 rings (SSSR count). The average Bonchev–Trinajstić information content (AvgIpc) is 3.27. The summed E-state index contributed by atoms with van der Waals surface area (Å²) in [6, 6.07) is 15.3. The molecule has 33 heavy (non-hydrogen) atoms. The molecule has 0 saturated carbocycles. The summed E-state index contributed by atoms with van der Waals surface area (Å²) >= 11 is 12.0. The Kier molecular flexibility index (Phi) is 6.01. The third-order valence-electron chi connectivity index (χ3n) is 4.89. The number of aromatic nitrogens is 3. The van der Waals surface area contributed by atoms with Crippen molar-refractivity contribution in [3.63, 3.8) is 0 Å². The minimum absolute atomic E-state index is 0.0260. The molecule has 0 saturated heterocycles. The molecule has 4 aromatic rings. The summed E-state index contributed by atoms with van der Waals surface area (Å²) in [5.41, 5.74) is 0.900. The number of fused-ring (bicyclic) bond motifs is 1. The van der Waals surface area contributed by atoms with Gasteiger partial charge in [-0.2, -0.15) is 5.26 Å². The number of ether oxygens (including phenoxy) is 2. The Bertz CT molecular complexity index is 1440. The maximum absolute atomic E-state index is 12.9. The maximum Gasteiger partial charge on any atom is 0.357 e. The third-order valence-corrected chi connectivity index (χ3v) is 5.40. The van der Waals surface area contributed by atoms with E-state index in [-0.39, 0.29) is 33.9 Å². The number of pyridine rings is 1. The van der Waals surface area contributed by atoms with Gasteiger partial charge in [-0.05, 0) is 42.0 Å². The molecule has 0 aliphatic heterocycles. The molecule has 10 heteroatoms. The van der Waals surface area contributed by atoms with Gasteiger partial charge in [-0.15, -0.1) is 5.10 Å². The maximum atomic E-state index is 12.9. The summed E-state index contributed by atoms with van der Waals surface area (Å²) in [4.78, 5) is 30.2. The van der Waals surface area contributed by atoms with E-state index in [2.05, 4.69) is 16.2 Å². The topological polar surface area (TPSA) is 107 Å². The van der Waals surface area contributed by atoms with Crippen molar-refractivity contribution in [3.8, 4) is 28.6 Å². The number of methoxy groups -OCH3 is 2. The highest BCUT2D eigenvalue weighted by Crippen LogP contribution is 2.35. The summed E-state index contributed by atoms with van der Waals surface area (Å²) in [6.07, 6.45) is 0. The van der Waals surface area contributed by atoms with Gasteiger partial charge in [-0.3, -0.25) is 0 Å². The van der Waals surface area contributed by atoms with Crippen LogP contribution in [0.1, 0.15) is 26.4 Å². The number of benzene rings is 2. The van der Waals surface area contributed by atoms with Crippen LogP contribution in [0, 0.1) is 11.3 Å². The van der Waals surface area contributed by atoms with Gasteiger partial charge in [0.25, 0.3) is 0 Å². The van der Waals surface area contributed by atoms with Crippen LogP contribution in [-0.4, -0.2) is 40.8 Å². The van der Waals surface area contributed by atoms with Crippen LogP contribution in [0.2, 0.25) is 10.0 Å². The predicted molar refractivity (Wildman–Crippen MR) is 121 cm³/mol. The summed E-state index contributed by atoms with van der Waals surface area (Å²) in [5, 5.41) is 15.4. The Morgan fingerprint density at radius 3 is 1.97 bits per heavy atom. The van der Waals surface area contributed by atoms with Crippen LogP contribution in [0.5, 0.6) is 0 Å². The average molecular weight is 481 g/mol. The van der Waals surface area contributed by atoms with E-state index >= 15 is 0 Å². The lowest BCUT2D eigenvalue weighted by Gasteiger charge is -2.15. The number of carbonyl (C=O) groups excluding carboxylic acids is 2. The quantitative estimate of drug-likeness (QED) is 0.385. The van der Waals surface area contributed by atoms with Crippen molar-refractivity contribution in [2.24, 2.45) is 0 Å². The van der Waals surface area contributed by atoms with Gasteiger partial charge in [0.05, 0.1) is 14.2 Å². The molecular formula is C23H14Cl2N4O4. The van der Waals surface area contributed by atoms with Crippen LogP contribution in [0.25, 0.3) is 28.2 Å². The molecule has 0 bridgehead atoms. The third kappa shape index (κ3) is 3.89. The molecule has 0 spiro atoms. The number of esters is 2. The van der Waals surface area contributed by atoms with Crippen LogP contribution in [0.15, 0.2) is 48.5 Å². The van der Waals surface area contributed by atoms with Gasteiger partial charge in [0.2, 0.25) is 0 Å². The van der Waals surface area contributed by atoms with E-state index < -0.39 is 11.9 Å². The number of carbonyl (C=O) groups is 2. The largest absolute Gasteiger partial charge is 0.465 e. The van der Waals surface area contributed by atoms with Crippen molar-refractivity contribution in [2.45, 2.75) is 0 Å². The lowest BCUT2D eigenvalue weighted by atomic mass is 9.94. The Hall–Kier alpha value is -3.93. The van der Waals surface area contributed by atoms with Gasteiger partial charge in [0.15, 0.2) is 17.2 Å². The van der Waals surface area contributed by atoms with E-state index in [9.17, 15) is 14.9 Å². The first-order valence-corrected chi connectivity index (χ1v) is 10.2. The fourth-order valence-electron chi connectivity index (χ4n) is 3.41. The highest BCUT2D eigenvalue weighted by molar-refractivity contribution is 6.31. The molecule has 0 fully saturated rings. The molecule has 164 valence electrons. The first kappa shape index (κ1) is 22.3. The summed E-state index contributed by atoms with van der Waals surface area (Å²) in [6.45, 7) is 0. The van der Waals surface area contributed by atoms with Crippen molar-refractivity contribution in [1.29, 1.82) is 5.26 Å². The van der Waals surface area contributed by atoms with Crippen LogP contribution in [0.4, 0.5) is 0 Å². The van der Waals surface area contributed by atoms with E-state index in [1.807, 2.05) is 0 Å². The fraction of sp³-hybridized carbons (Fsp3) is 0.0870. The number of rotatable bonds is 4. The van der Waals surface area contributed by atoms with Crippen LogP contribution >= 0.6 is 23.2 Å². The lowest BCUT2D eigenvalue weighted by molar-refractivity contribution is 0.0547. The van der Waals surface area contributed by atoms with Crippen LogP contribution < -0.4 is 0 Å². The zero-order valence-corrected chi connectivity index (χ0v) is 18.8. The van der Waals surface area contributed by atoms with Crippen molar-refractivity contribution in [3.05, 3.63) is 75.4 Å². The Morgan fingerprint density at radius 2 is 1.45 bits per heavy atom. The zero-order valence-electron chi connectivity index (χ0n) is 17.3. The standard InChI is InChI=1S/C23H14Cl2N4O4/c1-32-22(30)18-17(12-3-7-14(24)8-4-12)16(11-26)21-27-20(13-5-9-15(25)10-6-13)28-29(21)19(18)23(31)33-2/h3-10H,1-2H3. The molecule has 2 heterocycles. The smallest absolute Gasteiger partial charge is 0.357 e. The number of nitrogens with zero attached hydrogens (tertiary/aromatic N) is 4. The Labute approximate surface area is 197 Å². The van der Waals surface area contributed by atoms with E-state index in [0.29, 0.717) is 21.2 Å². The molecular weight excluding hydrogens is 467 g/mol. The second kappa shape index (κ2) is 8.90. The molecule has 0 radical (unpaired) electrons. The van der Waals surface area contributed by atoms with Crippen molar-refractivity contribution in [1.82, 2.24) is 14.6 Å². The SMILES string of the molecule is COC(=O)c1c(-c2ccc(Cl)cc2)c(C#N)c2nc(-c3ccc(Cl)cc3)nn2c1C(=O)OC. The minimum Gasteiger partial charge on any atom is -0.465 e. The molecule has 0 unspecified atom stereocenters. The summed E-state index contributed by atoms with van der Waals surface area (Å²) < 4.78 is 11.0. The van der Waals surface area contributed by atoms with Gasteiger partial charge < -0.3 is 9.47 Å². The van der Waals surface area contributed by atoms with Gasteiger partial charge in [-0.25, -0.2) is 19.1 Å². The monoisotopic (exact) mass is 480 g/mol. The second-order valence-electron chi connectivity index (χ2n) is 6.75. The lowest BCUT2D eigenvalue weighted by Crippen LogP contribution is -2.20. The molecule has 0 N–H and O–H groups in total. The normalized spacial score (nSPS) is 10.6. The number of halogens is 2. The summed E-state index contributed by atoms with van der Waals surface area (Å²) in [7, 11) is 2.35. The molecule has 0 atom stereocenters. The highest BCUT2D eigenvalue weighted by atomic mass is 35.5. The molecule has 0 aliphatic carbocycles. The Balaban J connectivity index is 2.18. The van der Waals surface area contributed by atoms with Crippen molar-refractivity contribution < 1.29 is 19.1 Å². The first-order valence-electron chi connectivity index (χ1n) is 9.45. The van der Waals surface area contributed by atoms with Gasteiger partial charge in [0.1, 0.15) is 17.2 Å². The number of hydrogen-bond donors (Lipinski definition) is 0. The molecule has 8 nitrogen and oxygen atoms in total. The van der Waals surface area contributed by atoms with Gasteiger partial charge in [-0.1, -0.05) is 35.3 Å². The molecule has 2 aromatic heterocycles. The predicted octanol–water partition coefficient (Wildman–Crippen LogP) is 4.81. The Morgan fingerprint density at radius 1 is 0.909 bits per heavy atom. The van der Waals surface area contributed by atoms with E-state index in [1.54, 1.807) is 48.5 Å². The zero-order chi connectivity index (χ0) is 23.7. The molecule has 0 aliphatic rings. The second-order valence-corrected chi connectivity index (χ2v) is 7.63. The summed E-state index contributed by atoms with van der Waals surface area (Å²) in [5.74, 6) is -1.48. The first-order chi connectivity index (χ1) is 15.9. The van der Waals surface area contributed by atoms with Crippen LogP contribution in [-0.2, 0) is 9.47 Å². The molecule has 2 aromatic carbocycles. The number of nitriles is 1. The van der Waals surface area contributed by atoms with E-state index in [4.69, 9.17) is 32.7 Å². The van der Waals surface area contributed by atoms with Crippen LogP contribution in [0.3, 0.4) is 0 Å².